The molecule has 9 heteroatoms. The highest BCUT2D eigenvalue weighted by Crippen LogP contribution is 2.26. The lowest BCUT2D eigenvalue weighted by molar-refractivity contribution is -0.132. The van der Waals surface area contributed by atoms with Gasteiger partial charge in [0.15, 0.2) is 0 Å². The van der Waals surface area contributed by atoms with Crippen molar-refractivity contribution in [2.45, 2.75) is 64.4 Å². The Bertz CT molecular complexity index is 1240. The van der Waals surface area contributed by atoms with E-state index in [0.29, 0.717) is 38.0 Å². The maximum Gasteiger partial charge on any atom is 0.243 e. The molecule has 3 aromatic rings. The third kappa shape index (κ3) is 4.72. The van der Waals surface area contributed by atoms with Gasteiger partial charge in [-0.15, -0.1) is 11.3 Å². The van der Waals surface area contributed by atoms with E-state index in [-0.39, 0.29) is 10.8 Å². The van der Waals surface area contributed by atoms with Crippen molar-refractivity contribution >= 4 is 38.3 Å². The molecule has 0 saturated carbocycles. The van der Waals surface area contributed by atoms with E-state index in [0.717, 1.165) is 37.3 Å². The molecule has 1 aromatic carbocycles. The molecule has 2 aromatic heterocycles. The molecule has 0 N–H and O–H groups in total. The zero-order chi connectivity index (χ0) is 23.6. The summed E-state index contributed by atoms with van der Waals surface area (Å²) < 4.78 is 29.5. The number of carbonyl (C=O) groups is 1. The fourth-order valence-corrected chi connectivity index (χ4v) is 6.90. The molecular formula is C24H32N4O3S2. The summed E-state index contributed by atoms with van der Waals surface area (Å²) in [5.74, 6) is 0.984. The molecule has 33 heavy (non-hydrogen) atoms. The van der Waals surface area contributed by atoms with Crippen LogP contribution in [0.1, 0.15) is 49.9 Å². The van der Waals surface area contributed by atoms with E-state index in [9.17, 15) is 13.2 Å². The molecule has 0 unspecified atom stereocenters. The van der Waals surface area contributed by atoms with E-state index in [1.807, 2.05) is 24.8 Å². The van der Waals surface area contributed by atoms with Crippen LogP contribution in [0.5, 0.6) is 0 Å². The summed E-state index contributed by atoms with van der Waals surface area (Å²) in [5.41, 5.74) is 2.85. The molecule has 178 valence electrons. The van der Waals surface area contributed by atoms with Crippen molar-refractivity contribution in [2.75, 3.05) is 19.6 Å². The molecule has 1 amide bonds. The molecule has 0 aliphatic carbocycles. The van der Waals surface area contributed by atoms with Gasteiger partial charge in [-0.05, 0) is 48.1 Å². The van der Waals surface area contributed by atoms with Crippen LogP contribution in [-0.4, -0.2) is 52.7 Å². The molecule has 1 aliphatic heterocycles. The minimum Gasteiger partial charge on any atom is -0.338 e. The third-order valence-corrected chi connectivity index (χ3v) is 9.38. The molecular weight excluding hydrogens is 456 g/mol. The number of sulfonamides is 1. The maximum absolute atomic E-state index is 13.0. The van der Waals surface area contributed by atoms with Gasteiger partial charge in [-0.25, -0.2) is 13.4 Å². The summed E-state index contributed by atoms with van der Waals surface area (Å²) in [5, 5.41) is 2.10. The first-order chi connectivity index (χ1) is 15.9. The number of fused-ring (bicyclic) bond motifs is 2. The zero-order valence-corrected chi connectivity index (χ0v) is 21.2. The van der Waals surface area contributed by atoms with Gasteiger partial charge >= 0.3 is 0 Å². The lowest BCUT2D eigenvalue weighted by Gasteiger charge is -2.27. The van der Waals surface area contributed by atoms with Crippen LogP contribution in [0.3, 0.4) is 0 Å². The van der Waals surface area contributed by atoms with Gasteiger partial charge in [-0.1, -0.05) is 20.8 Å². The van der Waals surface area contributed by atoms with Gasteiger partial charge in [-0.3, -0.25) is 4.79 Å². The molecule has 0 atom stereocenters. The van der Waals surface area contributed by atoms with Crippen LogP contribution in [0.4, 0.5) is 0 Å². The van der Waals surface area contributed by atoms with E-state index in [2.05, 4.69) is 22.9 Å². The summed E-state index contributed by atoms with van der Waals surface area (Å²) in [4.78, 5) is 21.3. The molecule has 7 nitrogen and oxygen atoms in total. The van der Waals surface area contributed by atoms with E-state index in [1.165, 1.54) is 14.7 Å². The third-order valence-electron chi connectivity index (χ3n) is 6.31. The molecule has 4 rings (SSSR count). The number of hydrogen-bond donors (Lipinski definition) is 0. The Morgan fingerprint density at radius 1 is 1.18 bits per heavy atom. The lowest BCUT2D eigenvalue weighted by atomic mass is 10.1. The van der Waals surface area contributed by atoms with Crippen molar-refractivity contribution in [1.82, 2.24) is 18.8 Å². The van der Waals surface area contributed by atoms with Crippen LogP contribution in [0.25, 0.3) is 11.0 Å². The van der Waals surface area contributed by atoms with Crippen LogP contribution < -0.4 is 0 Å². The fourth-order valence-electron chi connectivity index (χ4n) is 4.53. The number of thiophene rings is 1. The fraction of sp³-hybridized carbons (Fsp3) is 0.500. The monoisotopic (exact) mass is 488 g/mol. The first-order valence-corrected chi connectivity index (χ1v) is 14.0. The number of hydrogen-bond acceptors (Lipinski definition) is 5. The minimum absolute atomic E-state index is 0.145. The Hall–Kier alpha value is -2.23. The van der Waals surface area contributed by atoms with E-state index < -0.39 is 10.0 Å². The Morgan fingerprint density at radius 3 is 2.70 bits per heavy atom. The van der Waals surface area contributed by atoms with E-state index >= 15 is 0 Å². The van der Waals surface area contributed by atoms with Gasteiger partial charge in [0.2, 0.25) is 15.9 Å². The SMILES string of the molecule is CCCn1c(CCC(=O)N2CCc3sccc3C2)nc2cc(S(=O)(=O)N(CC)CC)ccc21. The second kappa shape index (κ2) is 9.95. The quantitative estimate of drug-likeness (QED) is 0.455. The molecule has 0 radical (unpaired) electrons. The van der Waals surface area contributed by atoms with Crippen molar-refractivity contribution in [3.05, 3.63) is 45.9 Å². The van der Waals surface area contributed by atoms with Crippen LogP contribution in [0, 0.1) is 0 Å². The Kier molecular flexibility index (Phi) is 7.21. The standard InChI is InChI=1S/C24H32N4O3S2/c1-4-13-28-21-8-7-19(33(30,31)27(5-2)6-3)16-20(21)25-23(28)9-10-24(29)26-14-11-22-18(17-26)12-15-32-22/h7-8,12,15-16H,4-6,9-11,13-14,17H2,1-3H3. The number of nitrogens with zero attached hydrogens (tertiary/aromatic N) is 4. The minimum atomic E-state index is -3.54. The first kappa shape index (κ1) is 23.9. The smallest absolute Gasteiger partial charge is 0.243 e. The highest BCUT2D eigenvalue weighted by atomic mass is 32.2. The Morgan fingerprint density at radius 2 is 1.97 bits per heavy atom. The summed E-state index contributed by atoms with van der Waals surface area (Å²) >= 11 is 1.77. The largest absolute Gasteiger partial charge is 0.338 e. The van der Waals surface area contributed by atoms with Gasteiger partial charge in [0.05, 0.1) is 15.9 Å². The van der Waals surface area contributed by atoms with Crippen molar-refractivity contribution in [1.29, 1.82) is 0 Å². The van der Waals surface area contributed by atoms with Gasteiger partial charge in [0, 0.05) is 50.4 Å². The van der Waals surface area contributed by atoms with Crippen molar-refractivity contribution in [3.8, 4) is 0 Å². The van der Waals surface area contributed by atoms with Gasteiger partial charge < -0.3 is 9.47 Å². The van der Waals surface area contributed by atoms with Crippen LogP contribution >= 0.6 is 11.3 Å². The average Bonchev–Trinajstić information content (AvgIpc) is 3.42. The maximum atomic E-state index is 13.0. The van der Waals surface area contributed by atoms with Crippen LogP contribution in [0.15, 0.2) is 34.5 Å². The lowest BCUT2D eigenvalue weighted by Crippen LogP contribution is -2.35. The molecule has 0 bridgehead atoms. The Labute approximate surface area is 200 Å². The number of benzene rings is 1. The molecule has 0 fully saturated rings. The summed E-state index contributed by atoms with van der Waals surface area (Å²) in [7, 11) is -3.54. The van der Waals surface area contributed by atoms with Crippen LogP contribution in [-0.2, 0) is 40.7 Å². The average molecular weight is 489 g/mol. The molecule has 0 saturated heterocycles. The van der Waals surface area contributed by atoms with Crippen molar-refractivity contribution < 1.29 is 13.2 Å². The second-order valence-electron chi connectivity index (χ2n) is 8.35. The van der Waals surface area contributed by atoms with Crippen LogP contribution in [0.2, 0.25) is 0 Å². The molecule has 3 heterocycles. The summed E-state index contributed by atoms with van der Waals surface area (Å²) in [6, 6.07) is 7.31. The van der Waals surface area contributed by atoms with Gasteiger partial charge in [-0.2, -0.15) is 4.31 Å². The highest BCUT2D eigenvalue weighted by Gasteiger charge is 2.24. The number of aromatic nitrogens is 2. The summed E-state index contributed by atoms with van der Waals surface area (Å²) in [6.45, 7) is 8.88. The zero-order valence-electron chi connectivity index (χ0n) is 19.6. The number of amides is 1. The number of imidazole rings is 1. The highest BCUT2D eigenvalue weighted by molar-refractivity contribution is 7.89. The number of aryl methyl sites for hydroxylation is 2. The van der Waals surface area contributed by atoms with E-state index in [1.54, 1.807) is 23.5 Å². The normalized spacial score (nSPS) is 14.2. The second-order valence-corrected chi connectivity index (χ2v) is 11.3. The molecule has 0 spiro atoms. The number of carbonyl (C=O) groups excluding carboxylic acids is 1. The van der Waals surface area contributed by atoms with Gasteiger partial charge in [0.25, 0.3) is 0 Å². The van der Waals surface area contributed by atoms with Crippen molar-refractivity contribution in [3.63, 3.8) is 0 Å². The predicted molar refractivity (Wildman–Crippen MR) is 132 cm³/mol. The Balaban J connectivity index is 1.55. The topological polar surface area (TPSA) is 75.5 Å². The summed E-state index contributed by atoms with van der Waals surface area (Å²) in [6.07, 6.45) is 2.80. The van der Waals surface area contributed by atoms with Gasteiger partial charge in [0.1, 0.15) is 5.82 Å². The van der Waals surface area contributed by atoms with E-state index in [4.69, 9.17) is 4.98 Å². The number of rotatable bonds is 9. The van der Waals surface area contributed by atoms with Crippen molar-refractivity contribution in [2.24, 2.45) is 0 Å². The predicted octanol–water partition coefficient (Wildman–Crippen LogP) is 4.06. The first-order valence-electron chi connectivity index (χ1n) is 11.7. The molecule has 1 aliphatic rings.